The molecule has 0 radical (unpaired) electrons. The number of aliphatic carboxylic acids is 1. The Balaban J connectivity index is 1.62. The second kappa shape index (κ2) is 12.5. The normalized spacial score (nSPS) is 14.5. The van der Waals surface area contributed by atoms with Crippen molar-refractivity contribution in [2.45, 2.75) is 38.1 Å². The summed E-state index contributed by atoms with van der Waals surface area (Å²) in [5, 5.41) is 19.2. The van der Waals surface area contributed by atoms with Crippen molar-refractivity contribution in [3.8, 4) is 10.6 Å². The number of benzene rings is 2. The van der Waals surface area contributed by atoms with Gasteiger partial charge in [0.1, 0.15) is 16.1 Å². The fourth-order valence-corrected chi connectivity index (χ4v) is 6.24. The van der Waals surface area contributed by atoms with Crippen LogP contribution in [0.15, 0.2) is 36.4 Å². The van der Waals surface area contributed by atoms with Gasteiger partial charge in [-0.25, -0.2) is 14.6 Å². The van der Waals surface area contributed by atoms with Gasteiger partial charge in [-0.05, 0) is 43.0 Å². The van der Waals surface area contributed by atoms with Gasteiger partial charge in [-0.1, -0.05) is 89.1 Å². The van der Waals surface area contributed by atoms with Gasteiger partial charge in [0.2, 0.25) is 0 Å². The molecule has 1 aromatic heterocycles. The maximum atomic E-state index is 13.3. The Labute approximate surface area is 242 Å². The summed E-state index contributed by atoms with van der Waals surface area (Å²) in [6.07, 6.45) is 4.27. The molecule has 2 aromatic carbocycles. The Hall–Kier alpha value is -2.56. The maximum absolute atomic E-state index is 13.3. The summed E-state index contributed by atoms with van der Waals surface area (Å²) in [6, 6.07) is 7.83. The first-order valence-corrected chi connectivity index (χ1v) is 14.0. The fourth-order valence-electron chi connectivity index (χ4n) is 4.24. The van der Waals surface area contributed by atoms with Crippen LogP contribution in [0.1, 0.15) is 42.6 Å². The van der Waals surface area contributed by atoms with E-state index in [2.05, 4.69) is 20.9 Å². The van der Waals surface area contributed by atoms with E-state index in [0.29, 0.717) is 33.5 Å². The summed E-state index contributed by atoms with van der Waals surface area (Å²) in [4.78, 5) is 42.7. The zero-order chi connectivity index (χ0) is 27.4. The number of urea groups is 1. The number of carbonyl (C=O) groups excluding carboxylic acids is 2. The number of rotatable bonds is 7. The Morgan fingerprint density at radius 1 is 0.921 bits per heavy atom. The molecule has 0 bridgehead atoms. The molecule has 3 aromatic rings. The quantitative estimate of drug-likeness (QED) is 0.216. The third-order valence-electron chi connectivity index (χ3n) is 6.08. The molecular formula is C25H22Cl4N4O4S. The van der Waals surface area contributed by atoms with E-state index >= 15 is 0 Å². The molecule has 8 nitrogen and oxygen atoms in total. The lowest BCUT2D eigenvalue weighted by molar-refractivity contribution is -0.141. The molecule has 0 aliphatic heterocycles. The van der Waals surface area contributed by atoms with E-state index in [-0.39, 0.29) is 32.3 Å². The van der Waals surface area contributed by atoms with E-state index in [1.54, 1.807) is 24.3 Å². The van der Waals surface area contributed by atoms with E-state index in [0.717, 1.165) is 30.6 Å². The van der Waals surface area contributed by atoms with Crippen molar-refractivity contribution in [2.75, 3.05) is 10.6 Å². The fraction of sp³-hybridized carbons (Fsp3) is 0.280. The van der Waals surface area contributed by atoms with Gasteiger partial charge >= 0.3 is 12.0 Å². The molecule has 1 aliphatic carbocycles. The Morgan fingerprint density at radius 2 is 1.55 bits per heavy atom. The predicted molar refractivity (Wildman–Crippen MR) is 152 cm³/mol. The molecule has 0 saturated heterocycles. The van der Waals surface area contributed by atoms with Crippen LogP contribution in [-0.4, -0.2) is 34.0 Å². The lowest BCUT2D eigenvalue weighted by atomic mass is 9.84. The maximum Gasteiger partial charge on any atom is 0.326 e. The molecule has 1 fully saturated rings. The minimum absolute atomic E-state index is 0.110. The number of thiazole rings is 1. The minimum atomic E-state index is -1.11. The number of hydrogen-bond donors (Lipinski definition) is 4. The second-order valence-electron chi connectivity index (χ2n) is 8.71. The lowest BCUT2D eigenvalue weighted by Crippen LogP contribution is -2.46. The highest BCUT2D eigenvalue weighted by molar-refractivity contribution is 7.19. The van der Waals surface area contributed by atoms with Crippen molar-refractivity contribution in [1.82, 2.24) is 10.3 Å². The van der Waals surface area contributed by atoms with Crippen LogP contribution >= 0.6 is 57.7 Å². The molecule has 38 heavy (non-hydrogen) atoms. The van der Waals surface area contributed by atoms with Crippen molar-refractivity contribution in [3.63, 3.8) is 0 Å². The molecule has 1 heterocycles. The van der Waals surface area contributed by atoms with Gasteiger partial charge in [-0.3, -0.25) is 10.1 Å². The molecule has 1 aliphatic rings. The van der Waals surface area contributed by atoms with Crippen LogP contribution in [0.2, 0.25) is 20.1 Å². The van der Waals surface area contributed by atoms with Gasteiger partial charge in [0.15, 0.2) is 5.69 Å². The summed E-state index contributed by atoms with van der Waals surface area (Å²) < 4.78 is 0. The number of nitrogens with zero attached hydrogens (tertiary/aromatic N) is 1. The van der Waals surface area contributed by atoms with Gasteiger partial charge in [0, 0.05) is 15.6 Å². The second-order valence-corrected chi connectivity index (χ2v) is 11.4. The third kappa shape index (κ3) is 6.90. The van der Waals surface area contributed by atoms with Crippen molar-refractivity contribution in [3.05, 3.63) is 62.2 Å². The largest absolute Gasteiger partial charge is 0.480 e. The van der Waals surface area contributed by atoms with Crippen LogP contribution < -0.4 is 16.0 Å². The van der Waals surface area contributed by atoms with Crippen molar-refractivity contribution in [2.24, 2.45) is 5.92 Å². The highest BCUT2D eigenvalue weighted by Crippen LogP contribution is 2.36. The predicted octanol–water partition coefficient (Wildman–Crippen LogP) is 7.83. The van der Waals surface area contributed by atoms with E-state index in [1.807, 2.05) is 0 Å². The molecule has 4 rings (SSSR count). The number of carbonyl (C=O) groups is 3. The van der Waals surface area contributed by atoms with E-state index < -0.39 is 23.9 Å². The lowest BCUT2D eigenvalue weighted by Gasteiger charge is -2.27. The van der Waals surface area contributed by atoms with Crippen molar-refractivity contribution < 1.29 is 19.5 Å². The first-order chi connectivity index (χ1) is 18.1. The van der Waals surface area contributed by atoms with Gasteiger partial charge < -0.3 is 15.7 Å². The number of anilines is 2. The Bertz CT molecular complexity index is 1340. The van der Waals surface area contributed by atoms with Gasteiger partial charge in [-0.15, -0.1) is 0 Å². The standard InChI is InChI=1S/C25H22Cl4N4O4S/c26-14-8-6-13(7-9-14)22-31-20(21(34)30-18(24(35)36)12-4-2-1-3-5-12)23(38-22)33-25(37)32-19-16(28)10-15(27)11-17(19)29/h6-12,18H,1-5H2,(H,30,34)(H,35,36)(H2,32,33,37)/t18-/m0/s1. The molecule has 4 N–H and O–H groups in total. The zero-order valence-electron chi connectivity index (χ0n) is 19.7. The summed E-state index contributed by atoms with van der Waals surface area (Å²) in [6.45, 7) is 0. The number of amides is 3. The van der Waals surface area contributed by atoms with Crippen molar-refractivity contribution >= 4 is 86.3 Å². The van der Waals surface area contributed by atoms with Crippen LogP contribution in [0.25, 0.3) is 10.6 Å². The summed E-state index contributed by atoms with van der Waals surface area (Å²) in [5.41, 5.74) is 0.671. The molecule has 1 saturated carbocycles. The van der Waals surface area contributed by atoms with Gasteiger partial charge in [0.25, 0.3) is 5.91 Å². The average Bonchev–Trinajstić information content (AvgIpc) is 3.29. The van der Waals surface area contributed by atoms with Crippen LogP contribution in [0.3, 0.4) is 0 Å². The van der Waals surface area contributed by atoms with E-state index in [1.165, 1.54) is 12.1 Å². The summed E-state index contributed by atoms with van der Waals surface area (Å²) in [7, 11) is 0. The number of halogens is 4. The molecule has 13 heteroatoms. The molecule has 0 spiro atoms. The summed E-state index contributed by atoms with van der Waals surface area (Å²) >= 11 is 25.3. The van der Waals surface area contributed by atoms with E-state index in [4.69, 9.17) is 46.4 Å². The van der Waals surface area contributed by atoms with Gasteiger partial charge in [-0.2, -0.15) is 0 Å². The summed E-state index contributed by atoms with van der Waals surface area (Å²) in [5.74, 6) is -2.01. The average molecular weight is 616 g/mol. The van der Waals surface area contributed by atoms with E-state index in [9.17, 15) is 19.5 Å². The Morgan fingerprint density at radius 3 is 2.16 bits per heavy atom. The SMILES string of the molecule is O=C(Nc1sc(-c2ccc(Cl)cc2)nc1C(=O)N[C@H](C(=O)O)C1CCCCC1)Nc1c(Cl)cc(Cl)cc1Cl. The van der Waals surface area contributed by atoms with Crippen LogP contribution in [0, 0.1) is 5.92 Å². The minimum Gasteiger partial charge on any atom is -0.480 e. The van der Waals surface area contributed by atoms with Gasteiger partial charge in [0.05, 0.1) is 15.7 Å². The third-order valence-corrected chi connectivity index (χ3v) is 8.17. The Kier molecular flexibility index (Phi) is 9.38. The molecule has 3 amide bonds. The van der Waals surface area contributed by atoms with Crippen LogP contribution in [0.5, 0.6) is 0 Å². The van der Waals surface area contributed by atoms with Crippen LogP contribution in [0.4, 0.5) is 15.5 Å². The van der Waals surface area contributed by atoms with Crippen molar-refractivity contribution in [1.29, 1.82) is 0 Å². The highest BCUT2D eigenvalue weighted by Gasteiger charge is 2.33. The zero-order valence-corrected chi connectivity index (χ0v) is 23.5. The number of hydrogen-bond acceptors (Lipinski definition) is 5. The molecular weight excluding hydrogens is 594 g/mol. The number of aromatic nitrogens is 1. The molecule has 0 unspecified atom stereocenters. The number of carboxylic acids is 1. The molecule has 200 valence electrons. The highest BCUT2D eigenvalue weighted by atomic mass is 35.5. The smallest absolute Gasteiger partial charge is 0.326 e. The van der Waals surface area contributed by atoms with Crippen LogP contribution in [-0.2, 0) is 4.79 Å². The topological polar surface area (TPSA) is 120 Å². The number of nitrogens with one attached hydrogen (secondary N) is 3. The number of carboxylic acid groups (broad SMARTS) is 1. The monoisotopic (exact) mass is 614 g/mol. The first-order valence-electron chi connectivity index (χ1n) is 11.7. The first kappa shape index (κ1) is 28.4. The molecule has 1 atom stereocenters.